The molecule has 0 amide bonds. The molecule has 1 fully saturated rings. The Bertz CT molecular complexity index is 346. The van der Waals surface area contributed by atoms with Crippen LogP contribution in [0.4, 0.5) is 0 Å². The zero-order chi connectivity index (χ0) is 10.7. The summed E-state index contributed by atoms with van der Waals surface area (Å²) in [6, 6.07) is 1.62. The molecule has 2 heterocycles. The molecule has 0 radical (unpaired) electrons. The Balaban J connectivity index is 2.05. The first-order valence-corrected chi connectivity index (χ1v) is 5.33. The number of ketones is 1. The highest BCUT2D eigenvalue weighted by molar-refractivity contribution is 7.08. The maximum absolute atomic E-state index is 11.8. The van der Waals surface area contributed by atoms with Gasteiger partial charge in [-0.05, 0) is 11.5 Å². The number of hydrogen-bond acceptors (Lipinski definition) is 6. The van der Waals surface area contributed by atoms with Crippen molar-refractivity contribution in [3.05, 3.63) is 10.9 Å². The lowest BCUT2D eigenvalue weighted by atomic mass is 10.2. The molecule has 1 saturated heterocycles. The van der Waals surface area contributed by atoms with Crippen molar-refractivity contribution >= 4 is 17.3 Å². The highest BCUT2D eigenvalue weighted by Crippen LogP contribution is 2.19. The van der Waals surface area contributed by atoms with Crippen LogP contribution in [0.1, 0.15) is 9.67 Å². The van der Waals surface area contributed by atoms with E-state index in [4.69, 9.17) is 14.2 Å². The molecular weight excluding hydrogens is 218 g/mol. The second-order valence-electron chi connectivity index (χ2n) is 3.03. The summed E-state index contributed by atoms with van der Waals surface area (Å²) in [4.78, 5) is 12.4. The topological polar surface area (TPSA) is 57.7 Å². The number of aromatic nitrogens is 1. The van der Waals surface area contributed by atoms with E-state index >= 15 is 0 Å². The van der Waals surface area contributed by atoms with Crippen molar-refractivity contribution in [2.75, 3.05) is 26.9 Å². The second-order valence-corrected chi connectivity index (χ2v) is 3.84. The summed E-state index contributed by atoms with van der Waals surface area (Å²) in [5.41, 5.74) is 0. The fourth-order valence-electron chi connectivity index (χ4n) is 1.27. The third-order valence-corrected chi connectivity index (χ3v) is 2.84. The monoisotopic (exact) mass is 229 g/mol. The van der Waals surface area contributed by atoms with E-state index in [9.17, 15) is 4.79 Å². The van der Waals surface area contributed by atoms with Gasteiger partial charge in [0.2, 0.25) is 11.7 Å². The van der Waals surface area contributed by atoms with Gasteiger partial charge in [-0.2, -0.15) is 4.37 Å². The zero-order valence-electron chi connectivity index (χ0n) is 8.26. The van der Waals surface area contributed by atoms with Crippen LogP contribution in [0.2, 0.25) is 0 Å². The van der Waals surface area contributed by atoms with Crippen LogP contribution < -0.4 is 4.74 Å². The fourth-order valence-corrected chi connectivity index (χ4v) is 1.96. The first-order valence-electron chi connectivity index (χ1n) is 4.55. The van der Waals surface area contributed by atoms with Gasteiger partial charge in [0.05, 0.1) is 31.8 Å². The highest BCUT2D eigenvalue weighted by Gasteiger charge is 2.25. The van der Waals surface area contributed by atoms with Crippen LogP contribution >= 0.6 is 11.5 Å². The van der Waals surface area contributed by atoms with Gasteiger partial charge in [-0.15, -0.1) is 0 Å². The Labute approximate surface area is 91.1 Å². The van der Waals surface area contributed by atoms with E-state index in [0.29, 0.717) is 30.6 Å². The summed E-state index contributed by atoms with van der Waals surface area (Å²) in [5, 5.41) is 0. The molecule has 0 spiro atoms. The molecule has 1 unspecified atom stereocenters. The van der Waals surface area contributed by atoms with Gasteiger partial charge in [-0.3, -0.25) is 4.79 Å². The molecule has 0 N–H and O–H groups in total. The molecule has 0 aliphatic carbocycles. The Kier molecular flexibility index (Phi) is 3.30. The van der Waals surface area contributed by atoms with E-state index in [1.54, 1.807) is 6.07 Å². The van der Waals surface area contributed by atoms with Crippen LogP contribution in [-0.4, -0.2) is 43.2 Å². The van der Waals surface area contributed by atoms with Gasteiger partial charge in [-0.25, -0.2) is 0 Å². The lowest BCUT2D eigenvalue weighted by molar-refractivity contribution is -0.0717. The Morgan fingerprint density at radius 1 is 1.67 bits per heavy atom. The van der Waals surface area contributed by atoms with Crippen molar-refractivity contribution in [2.24, 2.45) is 0 Å². The molecule has 0 saturated carbocycles. The Morgan fingerprint density at radius 2 is 2.53 bits per heavy atom. The third kappa shape index (κ3) is 2.34. The summed E-state index contributed by atoms with van der Waals surface area (Å²) in [7, 11) is 1.52. The van der Waals surface area contributed by atoms with Gasteiger partial charge >= 0.3 is 0 Å². The van der Waals surface area contributed by atoms with Crippen LogP contribution in [0.15, 0.2) is 6.07 Å². The van der Waals surface area contributed by atoms with Crippen LogP contribution in [-0.2, 0) is 9.47 Å². The quantitative estimate of drug-likeness (QED) is 0.716. The van der Waals surface area contributed by atoms with Crippen molar-refractivity contribution in [1.29, 1.82) is 0 Å². The molecule has 1 atom stereocenters. The van der Waals surface area contributed by atoms with E-state index in [1.807, 2.05) is 0 Å². The number of carbonyl (C=O) groups is 1. The maximum atomic E-state index is 11.8. The van der Waals surface area contributed by atoms with Crippen molar-refractivity contribution in [1.82, 2.24) is 4.37 Å². The van der Waals surface area contributed by atoms with E-state index in [2.05, 4.69) is 4.37 Å². The molecule has 6 heteroatoms. The average Bonchev–Trinajstić information content (AvgIpc) is 2.78. The van der Waals surface area contributed by atoms with Crippen LogP contribution in [0.25, 0.3) is 0 Å². The molecule has 0 aromatic carbocycles. The largest absolute Gasteiger partial charge is 0.480 e. The van der Waals surface area contributed by atoms with E-state index in [1.165, 1.54) is 7.11 Å². The van der Waals surface area contributed by atoms with Gasteiger partial charge in [0.25, 0.3) is 0 Å². The second kappa shape index (κ2) is 4.69. The van der Waals surface area contributed by atoms with E-state index < -0.39 is 6.10 Å². The molecule has 1 aromatic heterocycles. The standard InChI is InChI=1S/C9H11NO4S/c1-12-8-4-7(15-10-8)9(11)6-5-13-2-3-14-6/h4,6H,2-3,5H2,1H3. The molecular formula is C9H11NO4S. The van der Waals surface area contributed by atoms with Crippen molar-refractivity contribution in [3.8, 4) is 5.88 Å². The molecule has 2 rings (SSSR count). The van der Waals surface area contributed by atoms with Crippen molar-refractivity contribution in [3.63, 3.8) is 0 Å². The fraction of sp³-hybridized carbons (Fsp3) is 0.556. The summed E-state index contributed by atoms with van der Waals surface area (Å²) in [6.07, 6.45) is -0.496. The SMILES string of the molecule is COc1cc(C(=O)C2COCCO2)sn1. The molecule has 1 aliphatic rings. The number of Topliss-reactive ketones (excluding diaryl/α,β-unsaturated/α-hetero) is 1. The summed E-state index contributed by atoms with van der Waals surface area (Å²) in [5.74, 6) is 0.371. The molecule has 1 aromatic rings. The maximum Gasteiger partial charge on any atom is 0.225 e. The predicted molar refractivity (Wildman–Crippen MR) is 53.6 cm³/mol. The van der Waals surface area contributed by atoms with Gasteiger partial charge in [-0.1, -0.05) is 0 Å². The average molecular weight is 229 g/mol. The smallest absolute Gasteiger partial charge is 0.225 e. The normalized spacial score (nSPS) is 21.3. The number of rotatable bonds is 3. The van der Waals surface area contributed by atoms with Crippen molar-refractivity contribution < 1.29 is 19.0 Å². The number of ether oxygens (including phenoxy) is 3. The number of methoxy groups -OCH3 is 1. The molecule has 5 nitrogen and oxygen atoms in total. The number of nitrogens with zero attached hydrogens (tertiary/aromatic N) is 1. The van der Waals surface area contributed by atoms with Crippen LogP contribution in [0.5, 0.6) is 5.88 Å². The van der Waals surface area contributed by atoms with Crippen molar-refractivity contribution in [2.45, 2.75) is 6.10 Å². The van der Waals surface area contributed by atoms with Gasteiger partial charge in [0.15, 0.2) is 0 Å². The van der Waals surface area contributed by atoms with Gasteiger partial charge < -0.3 is 14.2 Å². The molecule has 15 heavy (non-hydrogen) atoms. The highest BCUT2D eigenvalue weighted by atomic mass is 32.1. The van der Waals surface area contributed by atoms with Gasteiger partial charge in [0, 0.05) is 6.07 Å². The summed E-state index contributed by atoms with van der Waals surface area (Å²) >= 11 is 1.12. The lowest BCUT2D eigenvalue weighted by Crippen LogP contribution is -2.35. The summed E-state index contributed by atoms with van der Waals surface area (Å²) < 4.78 is 19.3. The van der Waals surface area contributed by atoms with Gasteiger partial charge in [0.1, 0.15) is 6.10 Å². The van der Waals surface area contributed by atoms with E-state index in [0.717, 1.165) is 11.5 Å². The minimum Gasteiger partial charge on any atom is -0.480 e. The number of hydrogen-bond donors (Lipinski definition) is 0. The minimum atomic E-state index is -0.496. The molecule has 1 aliphatic heterocycles. The Hall–Kier alpha value is -0.980. The molecule has 82 valence electrons. The van der Waals surface area contributed by atoms with Crippen LogP contribution in [0.3, 0.4) is 0 Å². The minimum absolute atomic E-state index is 0.0875. The first-order chi connectivity index (χ1) is 7.31. The summed E-state index contributed by atoms with van der Waals surface area (Å²) in [6.45, 7) is 1.33. The first kappa shape index (κ1) is 10.5. The Morgan fingerprint density at radius 3 is 3.13 bits per heavy atom. The number of carbonyl (C=O) groups excluding carboxylic acids is 1. The predicted octanol–water partition coefficient (Wildman–Crippen LogP) is 0.750. The molecule has 0 bridgehead atoms. The van der Waals surface area contributed by atoms with E-state index in [-0.39, 0.29) is 5.78 Å². The third-order valence-electron chi connectivity index (χ3n) is 2.05. The zero-order valence-corrected chi connectivity index (χ0v) is 9.08. The lowest BCUT2D eigenvalue weighted by Gasteiger charge is -2.20. The van der Waals surface area contributed by atoms with Crippen LogP contribution in [0, 0.1) is 0 Å².